The fourth-order valence-corrected chi connectivity index (χ4v) is 3.28. The molecule has 1 N–H and O–H groups in total. The molecule has 0 aliphatic carbocycles. The van der Waals surface area contributed by atoms with E-state index < -0.39 is 0 Å². The number of fused-ring (bicyclic) bond motifs is 1. The van der Waals surface area contributed by atoms with Gasteiger partial charge in [-0.3, -0.25) is 14.2 Å². The standard InChI is InChI=1S/C23H18ClN3O2/c1-14-7-9-17(11-15(14)2)27-13-20(18-5-3-4-6-19(18)23(27)29)22(28)26-21-10-8-16(24)12-25-21/h3-13H,1-2H3,(H,25,26,28). The average Bonchev–Trinajstić information content (AvgIpc) is 2.72. The number of rotatable bonds is 3. The molecule has 0 atom stereocenters. The van der Waals surface area contributed by atoms with Crippen LogP contribution < -0.4 is 10.9 Å². The number of carbonyl (C=O) groups is 1. The molecule has 2 heterocycles. The van der Waals surface area contributed by atoms with Gasteiger partial charge in [0.25, 0.3) is 11.5 Å². The summed E-state index contributed by atoms with van der Waals surface area (Å²) in [6.07, 6.45) is 3.05. The predicted molar refractivity (Wildman–Crippen MR) is 116 cm³/mol. The molecule has 1 amide bonds. The SMILES string of the molecule is Cc1ccc(-n2cc(C(=O)Nc3ccc(Cl)cn3)c3ccccc3c2=O)cc1C. The molecule has 0 spiro atoms. The van der Waals surface area contributed by atoms with Crippen molar-refractivity contribution in [2.45, 2.75) is 13.8 Å². The van der Waals surface area contributed by atoms with Crippen molar-refractivity contribution in [3.8, 4) is 5.69 Å². The number of nitrogens with zero attached hydrogens (tertiary/aromatic N) is 2. The number of pyridine rings is 2. The van der Waals surface area contributed by atoms with Crippen molar-refractivity contribution in [1.29, 1.82) is 0 Å². The van der Waals surface area contributed by atoms with Crippen LogP contribution in [0.3, 0.4) is 0 Å². The Kier molecular flexibility index (Phi) is 4.91. The van der Waals surface area contributed by atoms with E-state index in [9.17, 15) is 9.59 Å². The summed E-state index contributed by atoms with van der Waals surface area (Å²) in [6.45, 7) is 4.00. The van der Waals surface area contributed by atoms with Crippen LogP contribution in [0.1, 0.15) is 21.5 Å². The molecule has 5 nitrogen and oxygen atoms in total. The number of anilines is 1. The van der Waals surface area contributed by atoms with Gasteiger partial charge in [-0.2, -0.15) is 0 Å². The Balaban J connectivity index is 1.87. The first-order chi connectivity index (χ1) is 13.9. The summed E-state index contributed by atoms with van der Waals surface area (Å²) in [7, 11) is 0. The zero-order chi connectivity index (χ0) is 20.5. The van der Waals surface area contributed by atoms with E-state index in [1.165, 1.54) is 10.8 Å². The van der Waals surface area contributed by atoms with Crippen LogP contribution in [0.15, 0.2) is 71.8 Å². The molecule has 0 saturated carbocycles. The molecule has 2 aromatic carbocycles. The first kappa shape index (κ1) is 18.9. The third-order valence-electron chi connectivity index (χ3n) is 4.91. The van der Waals surface area contributed by atoms with Crippen LogP contribution in [0, 0.1) is 13.8 Å². The van der Waals surface area contributed by atoms with Gasteiger partial charge in [0, 0.05) is 28.9 Å². The number of aryl methyl sites for hydroxylation is 2. The Morgan fingerprint density at radius 3 is 2.45 bits per heavy atom. The van der Waals surface area contributed by atoms with Gasteiger partial charge in [-0.15, -0.1) is 0 Å². The van der Waals surface area contributed by atoms with E-state index in [-0.39, 0.29) is 11.5 Å². The number of benzene rings is 2. The van der Waals surface area contributed by atoms with Gasteiger partial charge in [0.2, 0.25) is 0 Å². The molecule has 0 saturated heterocycles. The van der Waals surface area contributed by atoms with E-state index in [1.807, 2.05) is 32.0 Å². The summed E-state index contributed by atoms with van der Waals surface area (Å²) in [6, 6.07) is 16.1. The Bertz CT molecular complexity index is 1290. The molecule has 0 aliphatic rings. The molecule has 2 aromatic heterocycles. The number of hydrogen-bond donors (Lipinski definition) is 1. The summed E-state index contributed by atoms with van der Waals surface area (Å²) in [5.74, 6) is 0.0287. The van der Waals surface area contributed by atoms with Gasteiger partial charge in [-0.25, -0.2) is 4.98 Å². The van der Waals surface area contributed by atoms with Gasteiger partial charge >= 0.3 is 0 Å². The lowest BCUT2D eigenvalue weighted by atomic mass is 10.1. The lowest BCUT2D eigenvalue weighted by Gasteiger charge is -2.13. The van der Waals surface area contributed by atoms with Crippen molar-refractivity contribution in [3.05, 3.63) is 99.1 Å². The Morgan fingerprint density at radius 2 is 1.76 bits per heavy atom. The maximum absolute atomic E-state index is 13.1. The number of amides is 1. The minimum atomic E-state index is -0.353. The molecule has 0 radical (unpaired) electrons. The van der Waals surface area contributed by atoms with Gasteiger partial charge < -0.3 is 5.32 Å². The Morgan fingerprint density at radius 1 is 1.00 bits per heavy atom. The highest BCUT2D eigenvalue weighted by Crippen LogP contribution is 2.20. The van der Waals surface area contributed by atoms with E-state index in [2.05, 4.69) is 10.3 Å². The fourth-order valence-electron chi connectivity index (χ4n) is 3.17. The molecular formula is C23H18ClN3O2. The van der Waals surface area contributed by atoms with Crippen molar-refractivity contribution in [1.82, 2.24) is 9.55 Å². The zero-order valence-corrected chi connectivity index (χ0v) is 16.7. The first-order valence-corrected chi connectivity index (χ1v) is 9.47. The fraction of sp³-hybridized carbons (Fsp3) is 0.0870. The molecule has 0 aliphatic heterocycles. The van der Waals surface area contributed by atoms with Crippen molar-refractivity contribution in [3.63, 3.8) is 0 Å². The summed E-state index contributed by atoms with van der Waals surface area (Å²) >= 11 is 5.86. The van der Waals surface area contributed by atoms with Crippen molar-refractivity contribution in [2.24, 2.45) is 0 Å². The van der Waals surface area contributed by atoms with Crippen LogP contribution in [0.2, 0.25) is 5.02 Å². The first-order valence-electron chi connectivity index (χ1n) is 9.09. The summed E-state index contributed by atoms with van der Waals surface area (Å²) in [4.78, 5) is 30.2. The van der Waals surface area contributed by atoms with E-state index >= 15 is 0 Å². The second-order valence-electron chi connectivity index (χ2n) is 6.85. The summed E-state index contributed by atoms with van der Waals surface area (Å²) in [5.41, 5.74) is 3.12. The van der Waals surface area contributed by atoms with Crippen LogP contribution in [-0.2, 0) is 0 Å². The lowest BCUT2D eigenvalue weighted by Crippen LogP contribution is -2.23. The third-order valence-corrected chi connectivity index (χ3v) is 5.13. The molecular weight excluding hydrogens is 386 g/mol. The van der Waals surface area contributed by atoms with Crippen LogP contribution in [0.4, 0.5) is 5.82 Å². The molecule has 6 heteroatoms. The van der Waals surface area contributed by atoms with E-state index in [0.717, 1.165) is 11.1 Å². The normalized spacial score (nSPS) is 10.9. The molecule has 0 unspecified atom stereocenters. The maximum Gasteiger partial charge on any atom is 0.262 e. The topological polar surface area (TPSA) is 64.0 Å². The molecule has 29 heavy (non-hydrogen) atoms. The van der Waals surface area contributed by atoms with Crippen molar-refractivity contribution >= 4 is 34.1 Å². The van der Waals surface area contributed by atoms with Crippen LogP contribution in [-0.4, -0.2) is 15.5 Å². The smallest absolute Gasteiger partial charge is 0.262 e. The minimum absolute atomic E-state index is 0.176. The van der Waals surface area contributed by atoms with E-state index in [4.69, 9.17) is 11.6 Å². The Hall–Kier alpha value is -3.44. The number of carbonyl (C=O) groups excluding carboxylic acids is 1. The van der Waals surface area contributed by atoms with Crippen molar-refractivity contribution < 1.29 is 4.79 Å². The highest BCUT2D eigenvalue weighted by atomic mass is 35.5. The Labute approximate surface area is 172 Å². The number of halogens is 1. The quantitative estimate of drug-likeness (QED) is 0.528. The molecule has 144 valence electrons. The maximum atomic E-state index is 13.1. The number of nitrogens with one attached hydrogen (secondary N) is 1. The molecule has 4 rings (SSSR count). The lowest BCUT2D eigenvalue weighted by molar-refractivity contribution is 0.102. The second-order valence-corrected chi connectivity index (χ2v) is 7.28. The van der Waals surface area contributed by atoms with E-state index in [1.54, 1.807) is 42.6 Å². The average molecular weight is 404 g/mol. The highest BCUT2D eigenvalue weighted by molar-refractivity contribution is 6.30. The minimum Gasteiger partial charge on any atom is -0.306 e. The van der Waals surface area contributed by atoms with Gasteiger partial charge in [-0.05, 0) is 55.3 Å². The van der Waals surface area contributed by atoms with Crippen molar-refractivity contribution in [2.75, 3.05) is 5.32 Å². The monoisotopic (exact) mass is 403 g/mol. The molecule has 0 bridgehead atoms. The molecule has 4 aromatic rings. The number of hydrogen-bond acceptors (Lipinski definition) is 3. The van der Waals surface area contributed by atoms with Gasteiger partial charge in [0.1, 0.15) is 5.82 Å². The van der Waals surface area contributed by atoms with Gasteiger partial charge in [0.05, 0.1) is 10.6 Å². The summed E-state index contributed by atoms with van der Waals surface area (Å²) < 4.78 is 1.51. The van der Waals surface area contributed by atoms with Gasteiger partial charge in [0.15, 0.2) is 0 Å². The highest BCUT2D eigenvalue weighted by Gasteiger charge is 2.16. The van der Waals surface area contributed by atoms with Gasteiger partial charge in [-0.1, -0.05) is 35.9 Å². The van der Waals surface area contributed by atoms with Crippen LogP contribution in [0.25, 0.3) is 16.5 Å². The van der Waals surface area contributed by atoms with E-state index in [0.29, 0.717) is 32.9 Å². The molecule has 0 fully saturated rings. The summed E-state index contributed by atoms with van der Waals surface area (Å²) in [5, 5.41) is 4.32. The second kappa shape index (κ2) is 7.53. The largest absolute Gasteiger partial charge is 0.306 e. The number of aromatic nitrogens is 2. The third kappa shape index (κ3) is 3.65. The predicted octanol–water partition coefficient (Wildman–Crippen LogP) is 4.91. The van der Waals surface area contributed by atoms with Crippen LogP contribution >= 0.6 is 11.6 Å². The van der Waals surface area contributed by atoms with Crippen LogP contribution in [0.5, 0.6) is 0 Å². The zero-order valence-electron chi connectivity index (χ0n) is 15.9.